The van der Waals surface area contributed by atoms with E-state index in [1.807, 2.05) is 24.3 Å². The van der Waals surface area contributed by atoms with Gasteiger partial charge in [-0.3, -0.25) is 0 Å². The monoisotopic (exact) mass is 1020 g/mol. The fourth-order valence-electron chi connectivity index (χ4n) is 12.5. The summed E-state index contributed by atoms with van der Waals surface area (Å²) in [6, 6.07) is 99.4. The van der Waals surface area contributed by atoms with Crippen molar-refractivity contribution in [2.45, 2.75) is 26.2 Å². The van der Waals surface area contributed by atoms with E-state index < -0.39 is 0 Å². The van der Waals surface area contributed by atoms with E-state index in [0.29, 0.717) is 5.82 Å². The number of hydrogen-bond acceptors (Lipinski definition) is 4. The lowest BCUT2D eigenvalue weighted by atomic mass is 9.33. The number of para-hydroxylation sites is 5. The summed E-state index contributed by atoms with van der Waals surface area (Å²) in [6.45, 7) is 6.92. The molecule has 2 aliphatic heterocycles. The first kappa shape index (κ1) is 47.2. The molecule has 6 heteroatoms. The predicted molar refractivity (Wildman–Crippen MR) is 336 cm³/mol. The second kappa shape index (κ2) is 18.9. The van der Waals surface area contributed by atoms with Crippen LogP contribution in [0.4, 0.5) is 34.1 Å². The Labute approximate surface area is 467 Å². The van der Waals surface area contributed by atoms with Crippen LogP contribution in [0, 0.1) is 0 Å². The van der Waals surface area contributed by atoms with Crippen LogP contribution in [0.15, 0.2) is 273 Å². The number of hydrogen-bond donors (Lipinski definition) is 0. The molecule has 0 N–H and O–H groups in total. The Kier molecular flexibility index (Phi) is 11.1. The third-order valence-electron chi connectivity index (χ3n) is 16.3. The summed E-state index contributed by atoms with van der Waals surface area (Å²) < 4.78 is 2.46. The van der Waals surface area contributed by atoms with Gasteiger partial charge in [0, 0.05) is 67.2 Å². The van der Waals surface area contributed by atoms with Crippen molar-refractivity contribution in [3.8, 4) is 61.8 Å². The van der Waals surface area contributed by atoms with E-state index in [9.17, 15) is 0 Å². The van der Waals surface area contributed by atoms with Crippen LogP contribution >= 0.6 is 0 Å². The minimum absolute atomic E-state index is 0.00711. The summed E-state index contributed by atoms with van der Waals surface area (Å²) in [5.41, 5.74) is 24.8. The maximum absolute atomic E-state index is 5.33. The molecule has 15 rings (SSSR count). The molecule has 378 valence electrons. The largest absolute Gasteiger partial charge is 0.311 e. The van der Waals surface area contributed by atoms with Crippen LogP contribution in [0.25, 0.3) is 83.6 Å². The molecule has 0 saturated heterocycles. The first-order valence-electron chi connectivity index (χ1n) is 27.7. The smallest absolute Gasteiger partial charge is 0.252 e. The van der Waals surface area contributed by atoms with E-state index in [-0.39, 0.29) is 12.1 Å². The third kappa shape index (κ3) is 7.86. The molecule has 2 aromatic heterocycles. The maximum atomic E-state index is 5.33. The summed E-state index contributed by atoms with van der Waals surface area (Å²) in [7, 11) is 0. The third-order valence-corrected chi connectivity index (χ3v) is 16.3. The summed E-state index contributed by atoms with van der Waals surface area (Å²) in [5.74, 6) is 0.688. The molecule has 0 spiro atoms. The van der Waals surface area contributed by atoms with E-state index in [1.165, 1.54) is 61.0 Å². The van der Waals surface area contributed by atoms with Crippen LogP contribution in [0.5, 0.6) is 0 Å². The lowest BCUT2D eigenvalue weighted by molar-refractivity contribution is 0.591. The van der Waals surface area contributed by atoms with Gasteiger partial charge in [0.15, 0.2) is 5.82 Å². The molecule has 13 aromatic rings. The van der Waals surface area contributed by atoms with Gasteiger partial charge in [0.2, 0.25) is 0 Å². The van der Waals surface area contributed by atoms with Gasteiger partial charge in [0.25, 0.3) is 6.71 Å². The van der Waals surface area contributed by atoms with Crippen LogP contribution in [0.2, 0.25) is 0 Å². The van der Waals surface area contributed by atoms with E-state index in [2.05, 4.69) is 284 Å². The van der Waals surface area contributed by atoms with Gasteiger partial charge in [-0.2, -0.15) is 0 Å². The van der Waals surface area contributed by atoms with Crippen molar-refractivity contribution >= 4 is 79.0 Å². The normalized spacial score (nSPS) is 12.6. The number of benzene rings is 11. The maximum Gasteiger partial charge on any atom is 0.252 e. The summed E-state index contributed by atoms with van der Waals surface area (Å²) in [5, 5.41) is 2.47. The van der Waals surface area contributed by atoms with E-state index in [1.54, 1.807) is 0 Å². The zero-order valence-corrected chi connectivity index (χ0v) is 44.8. The van der Waals surface area contributed by atoms with Crippen LogP contribution in [-0.4, -0.2) is 21.2 Å². The molecule has 80 heavy (non-hydrogen) atoms. The first-order valence-corrected chi connectivity index (χ1v) is 27.7. The molecule has 0 unspecified atom stereocenters. The summed E-state index contributed by atoms with van der Waals surface area (Å²) in [6.07, 6.45) is 0. The Morgan fingerprint density at radius 2 is 0.838 bits per heavy atom. The number of aromatic nitrogens is 3. The Bertz CT molecular complexity index is 4340. The Morgan fingerprint density at radius 1 is 0.338 bits per heavy atom. The number of fused-ring (bicyclic) bond motifs is 7. The molecule has 0 aliphatic carbocycles. The fraction of sp³-hybridized carbons (Fsp3) is 0.0541. The van der Waals surface area contributed by atoms with Crippen molar-refractivity contribution in [2.24, 2.45) is 0 Å². The number of anilines is 6. The second-order valence-electron chi connectivity index (χ2n) is 22.2. The second-order valence-corrected chi connectivity index (χ2v) is 22.2. The van der Waals surface area contributed by atoms with E-state index in [4.69, 9.17) is 9.97 Å². The molecule has 4 heterocycles. The molecule has 2 aliphatic rings. The molecular formula is C74H54BN5. The highest BCUT2D eigenvalue weighted by molar-refractivity contribution is 7.00. The molecule has 0 fully saturated rings. The van der Waals surface area contributed by atoms with Gasteiger partial charge in [-0.05, 0) is 129 Å². The fourth-order valence-corrected chi connectivity index (χ4v) is 12.5. The lowest BCUT2D eigenvalue weighted by Crippen LogP contribution is -2.61. The van der Waals surface area contributed by atoms with Gasteiger partial charge in [0.1, 0.15) is 0 Å². The highest BCUT2D eigenvalue weighted by atomic mass is 15.2. The molecule has 0 amide bonds. The van der Waals surface area contributed by atoms with Gasteiger partial charge in [-0.1, -0.05) is 209 Å². The minimum Gasteiger partial charge on any atom is -0.311 e. The molecule has 0 atom stereocenters. The van der Waals surface area contributed by atoms with Gasteiger partial charge < -0.3 is 14.4 Å². The van der Waals surface area contributed by atoms with Crippen molar-refractivity contribution in [1.29, 1.82) is 0 Å². The van der Waals surface area contributed by atoms with Gasteiger partial charge in [0.05, 0.1) is 28.1 Å². The van der Waals surface area contributed by atoms with Crippen molar-refractivity contribution in [1.82, 2.24) is 14.5 Å². The number of nitrogens with zero attached hydrogens (tertiary/aromatic N) is 5. The average Bonchev–Trinajstić information content (AvgIpc) is 3.35. The average molecular weight is 1020 g/mol. The summed E-state index contributed by atoms with van der Waals surface area (Å²) >= 11 is 0. The van der Waals surface area contributed by atoms with Crippen LogP contribution in [-0.2, 0) is 5.41 Å². The summed E-state index contributed by atoms with van der Waals surface area (Å²) in [4.78, 5) is 15.5. The van der Waals surface area contributed by atoms with E-state index >= 15 is 0 Å². The van der Waals surface area contributed by atoms with Crippen molar-refractivity contribution in [3.63, 3.8) is 0 Å². The topological polar surface area (TPSA) is 37.2 Å². The van der Waals surface area contributed by atoms with Crippen molar-refractivity contribution in [2.75, 3.05) is 9.80 Å². The Balaban J connectivity index is 0.945. The molecule has 5 nitrogen and oxygen atoms in total. The molecule has 11 aromatic carbocycles. The van der Waals surface area contributed by atoms with E-state index in [0.717, 1.165) is 72.9 Å². The molecule has 0 bridgehead atoms. The highest BCUT2D eigenvalue weighted by Crippen LogP contribution is 2.47. The van der Waals surface area contributed by atoms with Crippen molar-refractivity contribution < 1.29 is 0 Å². The van der Waals surface area contributed by atoms with Crippen molar-refractivity contribution in [3.05, 3.63) is 279 Å². The SMILES string of the molecule is CC(C)(C)c1ccc2c(c1)c1ccccc1n2-c1ccc(-c2cc(-c3ccccc3)nc(-c3ccccc3)n2)cc1-c1ccc(-c2cc3c4c(c2)N(c2ccccc2)c2ccccc2B4c2ccccc2N3c2ccccc2)cc1. The van der Waals surface area contributed by atoms with Crippen LogP contribution < -0.4 is 26.2 Å². The zero-order chi connectivity index (χ0) is 53.5. The minimum atomic E-state index is -0.00711. The highest BCUT2D eigenvalue weighted by Gasteiger charge is 2.43. The Hall–Kier alpha value is -10.0. The molecular weight excluding hydrogens is 970 g/mol. The van der Waals surface area contributed by atoms with Gasteiger partial charge in [-0.25, -0.2) is 9.97 Å². The van der Waals surface area contributed by atoms with Gasteiger partial charge in [-0.15, -0.1) is 0 Å². The zero-order valence-electron chi connectivity index (χ0n) is 44.8. The molecule has 0 saturated carbocycles. The Morgan fingerprint density at radius 3 is 1.45 bits per heavy atom. The first-order chi connectivity index (χ1) is 39.3. The molecule has 0 radical (unpaired) electrons. The quantitative estimate of drug-likeness (QED) is 0.142. The number of rotatable bonds is 8. The standard InChI is InChI=1S/C74H54BN5/c1-74(2,3)55-41-43-67-60(47-55)58-30-16-19-33-65(58)80(67)66-42-40-53(64-48-63(51-22-8-4-9-23-51)76-73(77-64)52-24-10-5-11-25-52)44-59(66)50-38-36-49(37-39-50)54-45-70-72-71(46-54)79(57-28-14-7-15-29-57)69-35-21-18-32-62(69)75(72)61-31-17-20-34-68(61)78(70)56-26-12-6-13-27-56/h4-48H,1-3H3. The lowest BCUT2D eigenvalue weighted by Gasteiger charge is -2.44. The predicted octanol–water partition coefficient (Wildman–Crippen LogP) is 17.3. The van der Waals surface area contributed by atoms with Gasteiger partial charge >= 0.3 is 0 Å². The van der Waals surface area contributed by atoms with Crippen LogP contribution in [0.3, 0.4) is 0 Å². The van der Waals surface area contributed by atoms with Crippen LogP contribution in [0.1, 0.15) is 26.3 Å².